The van der Waals surface area contributed by atoms with Gasteiger partial charge in [-0.3, -0.25) is 9.59 Å². The summed E-state index contributed by atoms with van der Waals surface area (Å²) in [6.07, 6.45) is -0.623. The SMILES string of the molecule is NC(=O)C[C@H](NS(=O)(=O)c1ccc2ccccc2c1)C(=O)O. The minimum atomic E-state index is -4.08. The number of fused-ring (bicyclic) bond motifs is 1. The van der Waals surface area contributed by atoms with Gasteiger partial charge >= 0.3 is 5.97 Å². The lowest BCUT2D eigenvalue weighted by atomic mass is 10.1. The lowest BCUT2D eigenvalue weighted by Crippen LogP contribution is -2.43. The van der Waals surface area contributed by atoms with Crippen molar-refractivity contribution < 1.29 is 23.1 Å². The molecule has 0 heterocycles. The first-order valence-corrected chi connectivity index (χ1v) is 7.80. The summed E-state index contributed by atoms with van der Waals surface area (Å²) in [6.45, 7) is 0. The Bertz CT molecular complexity index is 832. The summed E-state index contributed by atoms with van der Waals surface area (Å²) >= 11 is 0. The van der Waals surface area contributed by atoms with E-state index in [1.807, 2.05) is 16.9 Å². The molecule has 8 heteroatoms. The average molecular weight is 322 g/mol. The van der Waals surface area contributed by atoms with Crippen LogP contribution in [0.3, 0.4) is 0 Å². The van der Waals surface area contributed by atoms with Crippen molar-refractivity contribution in [2.24, 2.45) is 5.73 Å². The molecule has 0 fully saturated rings. The molecule has 2 rings (SSSR count). The number of benzene rings is 2. The number of rotatable bonds is 6. The summed E-state index contributed by atoms with van der Waals surface area (Å²) in [4.78, 5) is 21.8. The highest BCUT2D eigenvalue weighted by Gasteiger charge is 2.27. The van der Waals surface area contributed by atoms with Crippen LogP contribution in [0.2, 0.25) is 0 Å². The average Bonchev–Trinajstić information content (AvgIpc) is 2.45. The van der Waals surface area contributed by atoms with Gasteiger partial charge in [-0.15, -0.1) is 0 Å². The first-order valence-electron chi connectivity index (χ1n) is 6.32. The Kier molecular flexibility index (Phi) is 4.43. The number of nitrogens with one attached hydrogen (secondary N) is 1. The van der Waals surface area contributed by atoms with Crippen LogP contribution in [0, 0.1) is 0 Å². The van der Waals surface area contributed by atoms with E-state index in [-0.39, 0.29) is 4.90 Å². The molecular weight excluding hydrogens is 308 g/mol. The number of carboxylic acid groups (broad SMARTS) is 1. The number of hydrogen-bond acceptors (Lipinski definition) is 4. The van der Waals surface area contributed by atoms with E-state index in [0.29, 0.717) is 5.39 Å². The highest BCUT2D eigenvalue weighted by atomic mass is 32.2. The van der Waals surface area contributed by atoms with E-state index >= 15 is 0 Å². The molecule has 0 spiro atoms. The molecule has 116 valence electrons. The molecule has 0 bridgehead atoms. The van der Waals surface area contributed by atoms with Crippen molar-refractivity contribution in [2.45, 2.75) is 17.4 Å². The van der Waals surface area contributed by atoms with Crippen LogP contribution < -0.4 is 10.5 Å². The van der Waals surface area contributed by atoms with Gasteiger partial charge in [0.25, 0.3) is 0 Å². The lowest BCUT2D eigenvalue weighted by Gasteiger charge is -2.13. The van der Waals surface area contributed by atoms with Gasteiger partial charge in [0.05, 0.1) is 11.3 Å². The van der Waals surface area contributed by atoms with E-state index in [1.165, 1.54) is 12.1 Å². The van der Waals surface area contributed by atoms with E-state index in [9.17, 15) is 18.0 Å². The third-order valence-corrected chi connectivity index (χ3v) is 4.50. The predicted molar refractivity (Wildman–Crippen MR) is 79.5 cm³/mol. The molecule has 0 unspecified atom stereocenters. The summed E-state index contributed by atoms with van der Waals surface area (Å²) in [5.41, 5.74) is 4.93. The number of carbonyl (C=O) groups is 2. The highest BCUT2D eigenvalue weighted by Crippen LogP contribution is 2.19. The molecule has 0 aliphatic carbocycles. The molecular formula is C14H14N2O5S. The van der Waals surface area contributed by atoms with Gasteiger partial charge in [-0.2, -0.15) is 4.72 Å². The minimum Gasteiger partial charge on any atom is -0.480 e. The molecule has 7 nitrogen and oxygen atoms in total. The molecule has 0 radical (unpaired) electrons. The quantitative estimate of drug-likeness (QED) is 0.711. The zero-order chi connectivity index (χ0) is 16.3. The zero-order valence-electron chi connectivity index (χ0n) is 11.4. The van der Waals surface area contributed by atoms with Crippen LogP contribution in [0.5, 0.6) is 0 Å². The smallest absolute Gasteiger partial charge is 0.322 e. The second-order valence-corrected chi connectivity index (χ2v) is 6.41. The first kappa shape index (κ1) is 15.9. The largest absolute Gasteiger partial charge is 0.480 e. The third-order valence-electron chi connectivity index (χ3n) is 3.03. The molecule has 0 aliphatic heterocycles. The normalized spacial score (nSPS) is 12.9. The van der Waals surface area contributed by atoms with Crippen molar-refractivity contribution >= 4 is 32.7 Å². The second kappa shape index (κ2) is 6.12. The van der Waals surface area contributed by atoms with Crippen LogP contribution >= 0.6 is 0 Å². The van der Waals surface area contributed by atoms with Gasteiger partial charge in [0.2, 0.25) is 15.9 Å². The number of carbonyl (C=O) groups excluding carboxylic acids is 1. The Morgan fingerprint density at radius 3 is 2.36 bits per heavy atom. The Hall–Kier alpha value is -2.45. The van der Waals surface area contributed by atoms with Crippen LogP contribution in [-0.4, -0.2) is 31.4 Å². The maximum Gasteiger partial charge on any atom is 0.322 e. The predicted octanol–water partition coefficient (Wildman–Crippen LogP) is 0.447. The summed E-state index contributed by atoms with van der Waals surface area (Å²) in [7, 11) is -4.08. The van der Waals surface area contributed by atoms with Gasteiger partial charge < -0.3 is 10.8 Å². The fraction of sp³-hybridized carbons (Fsp3) is 0.143. The molecule has 1 amide bonds. The van der Waals surface area contributed by atoms with Crippen molar-refractivity contribution in [1.29, 1.82) is 0 Å². The topological polar surface area (TPSA) is 127 Å². The maximum atomic E-state index is 12.2. The summed E-state index contributed by atoms with van der Waals surface area (Å²) in [5, 5.41) is 10.5. The van der Waals surface area contributed by atoms with E-state index < -0.39 is 34.4 Å². The van der Waals surface area contributed by atoms with E-state index in [0.717, 1.165) is 5.39 Å². The molecule has 0 saturated heterocycles. The van der Waals surface area contributed by atoms with E-state index in [1.54, 1.807) is 18.2 Å². The number of amides is 1. The van der Waals surface area contributed by atoms with Gasteiger partial charge in [-0.1, -0.05) is 30.3 Å². The summed E-state index contributed by atoms with van der Waals surface area (Å²) in [5.74, 6) is -2.38. The number of carboxylic acids is 1. The first-order chi connectivity index (χ1) is 10.3. The molecule has 0 aromatic heterocycles. The number of primary amides is 1. The summed E-state index contributed by atoms with van der Waals surface area (Å²) in [6, 6.07) is 9.97. The van der Waals surface area contributed by atoms with Crippen molar-refractivity contribution in [3.8, 4) is 0 Å². The molecule has 1 atom stereocenters. The maximum absolute atomic E-state index is 12.2. The summed E-state index contributed by atoms with van der Waals surface area (Å²) < 4.78 is 26.5. The van der Waals surface area contributed by atoms with Crippen LogP contribution in [0.1, 0.15) is 6.42 Å². The van der Waals surface area contributed by atoms with Crippen molar-refractivity contribution in [1.82, 2.24) is 4.72 Å². The van der Waals surface area contributed by atoms with Crippen LogP contribution in [0.15, 0.2) is 47.4 Å². The Balaban J connectivity index is 2.34. The highest BCUT2D eigenvalue weighted by molar-refractivity contribution is 7.89. The number of nitrogens with two attached hydrogens (primary N) is 1. The van der Waals surface area contributed by atoms with E-state index in [4.69, 9.17) is 10.8 Å². The molecule has 2 aromatic rings. The number of aliphatic carboxylic acids is 1. The standard InChI is InChI=1S/C14H14N2O5S/c15-13(17)8-12(14(18)19)16-22(20,21)11-6-5-9-3-1-2-4-10(9)7-11/h1-7,12,16H,8H2,(H2,15,17)(H,18,19)/t12-/m0/s1. The van der Waals surface area contributed by atoms with Crippen molar-refractivity contribution in [3.05, 3.63) is 42.5 Å². The van der Waals surface area contributed by atoms with Crippen molar-refractivity contribution in [3.63, 3.8) is 0 Å². The van der Waals surface area contributed by atoms with Crippen LogP contribution in [0.25, 0.3) is 10.8 Å². The Morgan fingerprint density at radius 2 is 1.77 bits per heavy atom. The molecule has 4 N–H and O–H groups in total. The number of hydrogen-bond donors (Lipinski definition) is 3. The second-order valence-electron chi connectivity index (χ2n) is 4.69. The van der Waals surface area contributed by atoms with Crippen molar-refractivity contribution in [2.75, 3.05) is 0 Å². The zero-order valence-corrected chi connectivity index (χ0v) is 12.2. The van der Waals surface area contributed by atoms with Gasteiger partial charge in [0, 0.05) is 0 Å². The van der Waals surface area contributed by atoms with E-state index in [2.05, 4.69) is 0 Å². The molecule has 22 heavy (non-hydrogen) atoms. The minimum absolute atomic E-state index is 0.0816. The van der Waals surface area contributed by atoms with Crippen LogP contribution in [-0.2, 0) is 19.6 Å². The van der Waals surface area contributed by atoms with Gasteiger partial charge in [0.1, 0.15) is 6.04 Å². The fourth-order valence-corrected chi connectivity index (χ4v) is 3.19. The van der Waals surface area contributed by atoms with Gasteiger partial charge in [-0.25, -0.2) is 8.42 Å². The molecule has 2 aromatic carbocycles. The van der Waals surface area contributed by atoms with Crippen LogP contribution in [0.4, 0.5) is 0 Å². The Morgan fingerprint density at radius 1 is 1.14 bits per heavy atom. The fourth-order valence-electron chi connectivity index (χ4n) is 1.97. The van der Waals surface area contributed by atoms with Gasteiger partial charge in [-0.05, 0) is 22.9 Å². The van der Waals surface area contributed by atoms with Gasteiger partial charge in [0.15, 0.2) is 0 Å². The third kappa shape index (κ3) is 3.60. The Labute approximate surface area is 126 Å². The lowest BCUT2D eigenvalue weighted by molar-refractivity contribution is -0.140. The molecule has 0 aliphatic rings. The number of sulfonamides is 1. The monoisotopic (exact) mass is 322 g/mol. The molecule has 0 saturated carbocycles.